The van der Waals surface area contributed by atoms with Gasteiger partial charge in [0.1, 0.15) is 6.29 Å². The number of carbonyl (C=O) groups excluding carboxylic acids is 1. The fraction of sp³-hybridized carbons (Fsp3) is 0.500. The molecule has 1 aliphatic rings. The predicted molar refractivity (Wildman–Crippen MR) is 66.9 cm³/mol. The molecular formula is C14H19NO. The summed E-state index contributed by atoms with van der Waals surface area (Å²) < 4.78 is 0. The van der Waals surface area contributed by atoms with Gasteiger partial charge in [-0.05, 0) is 43.4 Å². The molecule has 2 rings (SSSR count). The Balaban J connectivity index is 2.05. The number of hydrogen-bond donors (Lipinski definition) is 0. The SMILES string of the molecule is O=CCCc1cccc(N2CCCCC2)c1. The van der Waals surface area contributed by atoms with Crippen molar-refractivity contribution in [2.24, 2.45) is 0 Å². The molecule has 2 heteroatoms. The maximum Gasteiger partial charge on any atom is 0.120 e. The molecule has 1 heterocycles. The molecule has 1 aromatic carbocycles. The van der Waals surface area contributed by atoms with Crippen LogP contribution in [-0.4, -0.2) is 19.4 Å². The van der Waals surface area contributed by atoms with Crippen molar-refractivity contribution in [2.75, 3.05) is 18.0 Å². The Hall–Kier alpha value is -1.31. The average molecular weight is 217 g/mol. The quantitative estimate of drug-likeness (QED) is 0.723. The van der Waals surface area contributed by atoms with Gasteiger partial charge in [-0.3, -0.25) is 0 Å². The van der Waals surface area contributed by atoms with Gasteiger partial charge in [0.15, 0.2) is 0 Å². The minimum Gasteiger partial charge on any atom is -0.372 e. The Morgan fingerprint density at radius 1 is 1.19 bits per heavy atom. The fourth-order valence-electron chi connectivity index (χ4n) is 2.29. The number of rotatable bonds is 4. The molecule has 0 atom stereocenters. The van der Waals surface area contributed by atoms with E-state index >= 15 is 0 Å². The van der Waals surface area contributed by atoms with Crippen LogP contribution in [-0.2, 0) is 11.2 Å². The third kappa shape index (κ3) is 2.84. The molecule has 0 unspecified atom stereocenters. The zero-order valence-corrected chi connectivity index (χ0v) is 9.69. The summed E-state index contributed by atoms with van der Waals surface area (Å²) in [6.07, 6.45) is 6.46. The lowest BCUT2D eigenvalue weighted by atomic mass is 10.1. The zero-order chi connectivity index (χ0) is 11.2. The van der Waals surface area contributed by atoms with Gasteiger partial charge in [-0.25, -0.2) is 0 Å². The van der Waals surface area contributed by atoms with Crippen molar-refractivity contribution in [3.63, 3.8) is 0 Å². The van der Waals surface area contributed by atoms with Crippen molar-refractivity contribution in [1.29, 1.82) is 0 Å². The number of aryl methyl sites for hydroxylation is 1. The Morgan fingerprint density at radius 3 is 2.75 bits per heavy atom. The lowest BCUT2D eigenvalue weighted by Crippen LogP contribution is -2.29. The van der Waals surface area contributed by atoms with Crippen LogP contribution in [0.2, 0.25) is 0 Å². The first kappa shape index (κ1) is 11.2. The maximum atomic E-state index is 10.4. The molecule has 0 spiro atoms. The largest absolute Gasteiger partial charge is 0.372 e. The van der Waals surface area contributed by atoms with Crippen LogP contribution in [0.4, 0.5) is 5.69 Å². The molecule has 1 fully saturated rings. The van der Waals surface area contributed by atoms with Crippen molar-refractivity contribution in [1.82, 2.24) is 0 Å². The van der Waals surface area contributed by atoms with Crippen molar-refractivity contribution < 1.29 is 4.79 Å². The van der Waals surface area contributed by atoms with E-state index in [-0.39, 0.29) is 0 Å². The van der Waals surface area contributed by atoms with Crippen molar-refractivity contribution in [3.05, 3.63) is 29.8 Å². The number of benzene rings is 1. The molecule has 0 saturated carbocycles. The van der Waals surface area contributed by atoms with Crippen LogP contribution < -0.4 is 4.90 Å². The van der Waals surface area contributed by atoms with Gasteiger partial charge in [-0.15, -0.1) is 0 Å². The topological polar surface area (TPSA) is 20.3 Å². The maximum absolute atomic E-state index is 10.4. The molecule has 1 aliphatic heterocycles. The van der Waals surface area contributed by atoms with E-state index in [2.05, 4.69) is 29.2 Å². The first-order chi connectivity index (χ1) is 7.90. The van der Waals surface area contributed by atoms with Gasteiger partial charge in [-0.2, -0.15) is 0 Å². The van der Waals surface area contributed by atoms with Gasteiger partial charge in [0.25, 0.3) is 0 Å². The molecule has 0 bridgehead atoms. The minimum atomic E-state index is 0.628. The van der Waals surface area contributed by atoms with Crippen LogP contribution in [0.25, 0.3) is 0 Å². The number of aldehydes is 1. The third-order valence-corrected chi connectivity index (χ3v) is 3.18. The Kier molecular flexibility index (Phi) is 3.97. The molecule has 0 radical (unpaired) electrons. The van der Waals surface area contributed by atoms with E-state index in [4.69, 9.17) is 0 Å². The van der Waals surface area contributed by atoms with Gasteiger partial charge in [0, 0.05) is 25.2 Å². The van der Waals surface area contributed by atoms with Gasteiger partial charge in [0.2, 0.25) is 0 Å². The summed E-state index contributed by atoms with van der Waals surface area (Å²) in [5, 5.41) is 0. The standard InChI is InChI=1S/C14H19NO/c16-11-5-7-13-6-4-8-14(12-13)15-9-2-1-3-10-15/h4,6,8,11-12H,1-3,5,7,9-10H2. The molecule has 2 nitrogen and oxygen atoms in total. The fourth-order valence-corrected chi connectivity index (χ4v) is 2.29. The molecule has 1 saturated heterocycles. The number of nitrogens with zero attached hydrogens (tertiary/aromatic N) is 1. The van der Waals surface area contributed by atoms with E-state index in [1.165, 1.54) is 43.6 Å². The van der Waals surface area contributed by atoms with E-state index < -0.39 is 0 Å². The summed E-state index contributed by atoms with van der Waals surface area (Å²) in [4.78, 5) is 12.8. The molecule has 0 N–H and O–H groups in total. The number of carbonyl (C=O) groups is 1. The molecular weight excluding hydrogens is 198 g/mol. The van der Waals surface area contributed by atoms with Crippen molar-refractivity contribution >= 4 is 12.0 Å². The second-order valence-electron chi connectivity index (χ2n) is 4.42. The van der Waals surface area contributed by atoms with E-state index in [0.717, 1.165) is 12.7 Å². The summed E-state index contributed by atoms with van der Waals surface area (Å²) in [7, 11) is 0. The molecule has 0 aromatic heterocycles. The van der Waals surface area contributed by atoms with Crippen LogP contribution in [0.5, 0.6) is 0 Å². The van der Waals surface area contributed by atoms with Gasteiger partial charge >= 0.3 is 0 Å². The highest BCUT2D eigenvalue weighted by Crippen LogP contribution is 2.21. The summed E-state index contributed by atoms with van der Waals surface area (Å²) in [5.41, 5.74) is 2.60. The second-order valence-corrected chi connectivity index (χ2v) is 4.42. The average Bonchev–Trinajstić information content (AvgIpc) is 2.38. The van der Waals surface area contributed by atoms with Gasteiger partial charge < -0.3 is 9.69 Å². The molecule has 0 amide bonds. The summed E-state index contributed by atoms with van der Waals surface area (Å²) in [6, 6.07) is 8.62. The molecule has 1 aromatic rings. The normalized spacial score (nSPS) is 16.1. The summed E-state index contributed by atoms with van der Waals surface area (Å²) in [6.45, 7) is 2.36. The highest BCUT2D eigenvalue weighted by atomic mass is 16.1. The highest BCUT2D eigenvalue weighted by molar-refractivity contribution is 5.52. The summed E-state index contributed by atoms with van der Waals surface area (Å²) >= 11 is 0. The van der Waals surface area contributed by atoms with Crippen molar-refractivity contribution in [2.45, 2.75) is 32.1 Å². The van der Waals surface area contributed by atoms with Crippen molar-refractivity contribution in [3.8, 4) is 0 Å². The van der Waals surface area contributed by atoms with E-state index in [1.807, 2.05) is 0 Å². The minimum absolute atomic E-state index is 0.628. The van der Waals surface area contributed by atoms with Gasteiger partial charge in [0.05, 0.1) is 0 Å². The Morgan fingerprint density at radius 2 is 2.00 bits per heavy atom. The van der Waals surface area contributed by atoms with Crippen LogP contribution >= 0.6 is 0 Å². The van der Waals surface area contributed by atoms with Crippen LogP contribution in [0, 0.1) is 0 Å². The summed E-state index contributed by atoms with van der Waals surface area (Å²) in [5.74, 6) is 0. The molecule has 16 heavy (non-hydrogen) atoms. The second kappa shape index (κ2) is 5.69. The van der Waals surface area contributed by atoms with E-state index in [9.17, 15) is 4.79 Å². The Labute approximate surface area is 97.3 Å². The Bertz CT molecular complexity index is 342. The third-order valence-electron chi connectivity index (χ3n) is 3.18. The molecule has 0 aliphatic carbocycles. The number of hydrogen-bond acceptors (Lipinski definition) is 2. The zero-order valence-electron chi connectivity index (χ0n) is 9.69. The van der Waals surface area contributed by atoms with Crippen LogP contribution in [0.1, 0.15) is 31.2 Å². The van der Waals surface area contributed by atoms with E-state index in [1.54, 1.807) is 0 Å². The number of anilines is 1. The smallest absolute Gasteiger partial charge is 0.120 e. The highest BCUT2D eigenvalue weighted by Gasteiger charge is 2.10. The lowest BCUT2D eigenvalue weighted by Gasteiger charge is -2.29. The van der Waals surface area contributed by atoms with Crippen LogP contribution in [0.15, 0.2) is 24.3 Å². The first-order valence-corrected chi connectivity index (χ1v) is 6.17. The lowest BCUT2D eigenvalue weighted by molar-refractivity contribution is -0.107. The monoisotopic (exact) mass is 217 g/mol. The number of piperidine rings is 1. The van der Waals surface area contributed by atoms with Crippen LogP contribution in [0.3, 0.4) is 0 Å². The molecule has 86 valence electrons. The first-order valence-electron chi connectivity index (χ1n) is 6.17. The van der Waals surface area contributed by atoms with E-state index in [0.29, 0.717) is 6.42 Å². The predicted octanol–water partition coefficient (Wildman–Crippen LogP) is 2.81. The van der Waals surface area contributed by atoms with Gasteiger partial charge in [-0.1, -0.05) is 12.1 Å².